The topological polar surface area (TPSA) is 44.7 Å². The molecule has 0 spiro atoms. The first-order valence-corrected chi connectivity index (χ1v) is 8.32. The summed E-state index contributed by atoms with van der Waals surface area (Å²) in [5, 5.41) is 13.5. The van der Waals surface area contributed by atoms with E-state index >= 15 is 0 Å². The molecule has 1 aliphatic heterocycles. The van der Waals surface area contributed by atoms with Gasteiger partial charge in [0.25, 0.3) is 0 Å². The van der Waals surface area contributed by atoms with Crippen LogP contribution in [0.15, 0.2) is 28.7 Å². The molecule has 0 amide bonds. The van der Waals surface area contributed by atoms with Gasteiger partial charge in [-0.05, 0) is 44.1 Å². The number of hydrogen-bond acceptors (Lipinski definition) is 4. The van der Waals surface area contributed by atoms with E-state index < -0.39 is 6.10 Å². The molecular weight excluding hydrogens is 332 g/mol. The van der Waals surface area contributed by atoms with Gasteiger partial charge in [-0.1, -0.05) is 28.9 Å². The highest BCUT2D eigenvalue weighted by Crippen LogP contribution is 2.18. The SMILES string of the molecule is CC1CN(C)CCC1NCC(O)COc1cccc(Br)c1. The highest BCUT2D eigenvalue weighted by molar-refractivity contribution is 9.10. The van der Waals surface area contributed by atoms with Crippen molar-refractivity contribution in [3.8, 4) is 5.75 Å². The lowest BCUT2D eigenvalue weighted by molar-refractivity contribution is 0.0932. The number of likely N-dealkylation sites (tertiary alicyclic amines) is 1. The fourth-order valence-corrected chi connectivity index (χ4v) is 3.13. The third-order valence-electron chi connectivity index (χ3n) is 3.96. The van der Waals surface area contributed by atoms with Crippen LogP contribution in [0.2, 0.25) is 0 Å². The maximum absolute atomic E-state index is 10.0. The Morgan fingerprint density at radius 3 is 3.05 bits per heavy atom. The number of halogens is 1. The van der Waals surface area contributed by atoms with Crippen molar-refractivity contribution in [3.05, 3.63) is 28.7 Å². The first-order valence-electron chi connectivity index (χ1n) is 7.53. The highest BCUT2D eigenvalue weighted by atomic mass is 79.9. The number of benzene rings is 1. The lowest BCUT2D eigenvalue weighted by atomic mass is 9.94. The molecule has 1 aliphatic rings. The van der Waals surface area contributed by atoms with Crippen molar-refractivity contribution in [1.82, 2.24) is 10.2 Å². The number of nitrogens with one attached hydrogen (secondary N) is 1. The van der Waals surface area contributed by atoms with Gasteiger partial charge in [-0.3, -0.25) is 0 Å². The van der Waals surface area contributed by atoms with Crippen molar-refractivity contribution < 1.29 is 9.84 Å². The van der Waals surface area contributed by atoms with Crippen molar-refractivity contribution in [1.29, 1.82) is 0 Å². The molecule has 0 saturated carbocycles. The molecule has 4 nitrogen and oxygen atoms in total. The van der Waals surface area contributed by atoms with Crippen molar-refractivity contribution in [2.45, 2.75) is 25.5 Å². The molecule has 5 heteroatoms. The van der Waals surface area contributed by atoms with Crippen LogP contribution < -0.4 is 10.1 Å². The zero-order chi connectivity index (χ0) is 15.2. The maximum Gasteiger partial charge on any atom is 0.120 e. The number of nitrogens with zero attached hydrogens (tertiary/aromatic N) is 1. The summed E-state index contributed by atoms with van der Waals surface area (Å²) >= 11 is 3.40. The summed E-state index contributed by atoms with van der Waals surface area (Å²) in [5.74, 6) is 1.39. The minimum Gasteiger partial charge on any atom is -0.491 e. The van der Waals surface area contributed by atoms with Gasteiger partial charge in [0.15, 0.2) is 0 Å². The molecule has 0 aromatic heterocycles. The zero-order valence-corrected chi connectivity index (χ0v) is 14.3. The fourth-order valence-electron chi connectivity index (χ4n) is 2.75. The minimum atomic E-state index is -0.490. The van der Waals surface area contributed by atoms with E-state index in [4.69, 9.17) is 4.74 Å². The molecule has 3 atom stereocenters. The summed E-state index contributed by atoms with van der Waals surface area (Å²) in [5.41, 5.74) is 0. The van der Waals surface area contributed by atoms with Gasteiger partial charge < -0.3 is 20.1 Å². The van der Waals surface area contributed by atoms with Gasteiger partial charge >= 0.3 is 0 Å². The van der Waals surface area contributed by atoms with Crippen LogP contribution in [-0.2, 0) is 0 Å². The van der Waals surface area contributed by atoms with Gasteiger partial charge in [0.2, 0.25) is 0 Å². The second-order valence-electron chi connectivity index (χ2n) is 5.97. The van der Waals surface area contributed by atoms with Gasteiger partial charge in [-0.25, -0.2) is 0 Å². The molecule has 1 aromatic rings. The summed E-state index contributed by atoms with van der Waals surface area (Å²) in [6, 6.07) is 8.15. The van der Waals surface area contributed by atoms with E-state index in [1.165, 1.54) is 0 Å². The predicted octanol–water partition coefficient (Wildman–Crippen LogP) is 2.12. The van der Waals surface area contributed by atoms with Crippen LogP contribution in [0.1, 0.15) is 13.3 Å². The Hall–Kier alpha value is -0.620. The monoisotopic (exact) mass is 356 g/mol. The normalized spacial score (nSPS) is 24.8. The first-order chi connectivity index (χ1) is 10.0. The second kappa shape index (κ2) is 8.13. The van der Waals surface area contributed by atoms with Crippen LogP contribution in [0.3, 0.4) is 0 Å². The van der Waals surface area contributed by atoms with Crippen molar-refractivity contribution in [2.75, 3.05) is 33.3 Å². The number of rotatable bonds is 6. The van der Waals surface area contributed by atoms with Crippen molar-refractivity contribution in [3.63, 3.8) is 0 Å². The minimum absolute atomic E-state index is 0.310. The Bertz CT molecular complexity index is 444. The van der Waals surface area contributed by atoms with Gasteiger partial charge in [-0.15, -0.1) is 0 Å². The molecule has 0 bridgehead atoms. The number of aliphatic hydroxyl groups is 1. The molecule has 1 saturated heterocycles. The summed E-state index contributed by atoms with van der Waals surface area (Å²) in [4.78, 5) is 2.36. The lowest BCUT2D eigenvalue weighted by Crippen LogP contribution is -2.49. The van der Waals surface area contributed by atoms with Gasteiger partial charge in [0, 0.05) is 23.6 Å². The van der Waals surface area contributed by atoms with Crippen molar-refractivity contribution >= 4 is 15.9 Å². The highest BCUT2D eigenvalue weighted by Gasteiger charge is 2.24. The standard InChI is InChI=1S/C16H25BrN2O2/c1-12-10-19(2)7-6-16(12)18-9-14(20)11-21-15-5-3-4-13(17)8-15/h3-5,8,12,14,16,18,20H,6-7,9-11H2,1-2H3. The van der Waals surface area contributed by atoms with Crippen molar-refractivity contribution in [2.24, 2.45) is 5.92 Å². The molecule has 3 unspecified atom stereocenters. The molecular formula is C16H25BrN2O2. The number of hydrogen-bond donors (Lipinski definition) is 2. The Balaban J connectivity index is 1.69. The first kappa shape index (κ1) is 16.7. The Morgan fingerprint density at radius 2 is 2.33 bits per heavy atom. The van der Waals surface area contributed by atoms with Gasteiger partial charge in [0.1, 0.15) is 18.5 Å². The van der Waals surface area contributed by atoms with Gasteiger partial charge in [0.05, 0.1) is 0 Å². The number of ether oxygens (including phenoxy) is 1. The van der Waals surface area contributed by atoms with Crippen LogP contribution in [0.25, 0.3) is 0 Å². The molecule has 118 valence electrons. The van der Waals surface area contributed by atoms with Crippen LogP contribution in [-0.4, -0.2) is 55.4 Å². The quantitative estimate of drug-likeness (QED) is 0.819. The lowest BCUT2D eigenvalue weighted by Gasteiger charge is -2.35. The number of aliphatic hydroxyl groups excluding tert-OH is 1. The summed E-state index contributed by atoms with van der Waals surface area (Å²) in [7, 11) is 2.16. The smallest absolute Gasteiger partial charge is 0.120 e. The average molecular weight is 357 g/mol. The molecule has 0 radical (unpaired) electrons. The van der Waals surface area contributed by atoms with E-state index in [0.29, 0.717) is 25.1 Å². The van der Waals surface area contributed by atoms with Crippen LogP contribution in [0.5, 0.6) is 5.75 Å². The van der Waals surface area contributed by atoms with E-state index in [9.17, 15) is 5.11 Å². The molecule has 1 heterocycles. The fraction of sp³-hybridized carbons (Fsp3) is 0.625. The summed E-state index contributed by atoms with van der Waals surface area (Å²) in [6.45, 7) is 5.38. The van der Waals surface area contributed by atoms with E-state index in [2.05, 4.69) is 40.1 Å². The van der Waals surface area contributed by atoms with E-state index in [0.717, 1.165) is 29.7 Å². The van der Waals surface area contributed by atoms with Crippen LogP contribution in [0.4, 0.5) is 0 Å². The molecule has 2 rings (SSSR count). The van der Waals surface area contributed by atoms with Crippen LogP contribution >= 0.6 is 15.9 Å². The molecule has 21 heavy (non-hydrogen) atoms. The van der Waals surface area contributed by atoms with Crippen LogP contribution in [0, 0.1) is 5.92 Å². The largest absolute Gasteiger partial charge is 0.491 e. The molecule has 0 aliphatic carbocycles. The molecule has 2 N–H and O–H groups in total. The number of piperidine rings is 1. The Kier molecular flexibility index (Phi) is 6.48. The third kappa shape index (κ3) is 5.58. The maximum atomic E-state index is 10.0. The third-order valence-corrected chi connectivity index (χ3v) is 4.46. The van der Waals surface area contributed by atoms with E-state index in [-0.39, 0.29) is 0 Å². The molecule has 1 aromatic carbocycles. The predicted molar refractivity (Wildman–Crippen MR) is 88.7 cm³/mol. The zero-order valence-electron chi connectivity index (χ0n) is 12.8. The molecule has 1 fully saturated rings. The summed E-state index contributed by atoms with van der Waals surface area (Å²) < 4.78 is 6.58. The van der Waals surface area contributed by atoms with E-state index in [1.54, 1.807) is 0 Å². The summed E-state index contributed by atoms with van der Waals surface area (Å²) in [6.07, 6.45) is 0.646. The average Bonchev–Trinajstić information content (AvgIpc) is 2.44. The Labute approximate surface area is 135 Å². The second-order valence-corrected chi connectivity index (χ2v) is 6.88. The van der Waals surface area contributed by atoms with E-state index in [1.807, 2.05) is 24.3 Å². The van der Waals surface area contributed by atoms with Gasteiger partial charge in [-0.2, -0.15) is 0 Å². The Morgan fingerprint density at radius 1 is 1.52 bits per heavy atom.